The average Bonchev–Trinajstić information content (AvgIpc) is 2.57. The van der Waals surface area contributed by atoms with Gasteiger partial charge in [0.1, 0.15) is 5.75 Å². The summed E-state index contributed by atoms with van der Waals surface area (Å²) in [6.07, 6.45) is -0.122. The topological polar surface area (TPSA) is 70.6 Å². The highest BCUT2D eigenvalue weighted by Gasteiger charge is 2.09. The Morgan fingerprint density at radius 3 is 2.62 bits per heavy atom. The maximum Gasteiger partial charge on any atom is 0.319 e. The fourth-order valence-electron chi connectivity index (χ4n) is 2.37. The lowest BCUT2D eigenvalue weighted by Gasteiger charge is -2.14. The van der Waals surface area contributed by atoms with Gasteiger partial charge in [-0.1, -0.05) is 30.3 Å². The van der Waals surface area contributed by atoms with Crippen molar-refractivity contribution in [2.24, 2.45) is 0 Å². The molecule has 2 rings (SSSR count). The van der Waals surface area contributed by atoms with Gasteiger partial charge in [0.25, 0.3) is 0 Å². The Bertz CT molecular complexity index is 659. The molecule has 24 heavy (non-hydrogen) atoms. The van der Waals surface area contributed by atoms with Crippen molar-refractivity contribution in [3.63, 3.8) is 0 Å². The number of hydrogen-bond acceptors (Lipinski definition) is 3. The molecular weight excluding hydrogens is 304 g/mol. The highest BCUT2D eigenvalue weighted by Crippen LogP contribution is 2.21. The standard InChI is InChI=1S/C19H24N2O3/c1-3-24-17-9-10-18(14(2)11-17)21-19(23)20-13-16(22)12-15-7-5-4-6-8-15/h4-11,16,22H,3,12-13H2,1-2H3,(H2,20,21,23). The van der Waals surface area contributed by atoms with E-state index in [1.165, 1.54) is 0 Å². The zero-order chi connectivity index (χ0) is 17.4. The van der Waals surface area contributed by atoms with Gasteiger partial charge in [0.2, 0.25) is 0 Å². The van der Waals surface area contributed by atoms with Crippen molar-refractivity contribution in [1.29, 1.82) is 0 Å². The van der Waals surface area contributed by atoms with E-state index in [-0.39, 0.29) is 12.6 Å². The smallest absolute Gasteiger partial charge is 0.319 e. The van der Waals surface area contributed by atoms with Crippen LogP contribution in [-0.2, 0) is 6.42 Å². The summed E-state index contributed by atoms with van der Waals surface area (Å²) in [5.74, 6) is 0.777. The van der Waals surface area contributed by atoms with Gasteiger partial charge in [-0.3, -0.25) is 0 Å². The van der Waals surface area contributed by atoms with Gasteiger partial charge in [-0.15, -0.1) is 0 Å². The zero-order valence-corrected chi connectivity index (χ0v) is 14.1. The van der Waals surface area contributed by atoms with Crippen molar-refractivity contribution in [3.8, 4) is 5.75 Å². The van der Waals surface area contributed by atoms with Crippen molar-refractivity contribution < 1.29 is 14.6 Å². The van der Waals surface area contributed by atoms with Crippen LogP contribution in [0.2, 0.25) is 0 Å². The number of hydrogen-bond donors (Lipinski definition) is 3. The fraction of sp³-hybridized carbons (Fsp3) is 0.316. The molecule has 2 aromatic carbocycles. The lowest BCUT2D eigenvalue weighted by atomic mass is 10.1. The highest BCUT2D eigenvalue weighted by molar-refractivity contribution is 5.90. The number of aliphatic hydroxyl groups excluding tert-OH is 1. The first-order chi connectivity index (χ1) is 11.6. The molecular formula is C19H24N2O3. The van der Waals surface area contributed by atoms with Crippen LogP contribution < -0.4 is 15.4 Å². The van der Waals surface area contributed by atoms with E-state index in [0.717, 1.165) is 16.9 Å². The summed E-state index contributed by atoms with van der Waals surface area (Å²) in [4.78, 5) is 12.0. The molecule has 0 spiro atoms. The van der Waals surface area contributed by atoms with Crippen molar-refractivity contribution in [2.75, 3.05) is 18.5 Å². The highest BCUT2D eigenvalue weighted by atomic mass is 16.5. The van der Waals surface area contributed by atoms with Gasteiger partial charge in [0, 0.05) is 18.7 Å². The SMILES string of the molecule is CCOc1ccc(NC(=O)NCC(O)Cc2ccccc2)c(C)c1. The van der Waals surface area contributed by atoms with Crippen LogP contribution in [0.15, 0.2) is 48.5 Å². The number of urea groups is 1. The Hall–Kier alpha value is -2.53. The van der Waals surface area contributed by atoms with E-state index in [0.29, 0.717) is 18.7 Å². The molecule has 3 N–H and O–H groups in total. The number of nitrogens with one attached hydrogen (secondary N) is 2. The lowest BCUT2D eigenvalue weighted by molar-refractivity contribution is 0.172. The molecule has 0 heterocycles. The van der Waals surface area contributed by atoms with Crippen molar-refractivity contribution >= 4 is 11.7 Å². The largest absolute Gasteiger partial charge is 0.494 e. The molecule has 1 unspecified atom stereocenters. The second kappa shape index (κ2) is 8.93. The maximum atomic E-state index is 12.0. The molecule has 0 saturated carbocycles. The summed E-state index contributed by atoms with van der Waals surface area (Å²) >= 11 is 0. The second-order valence-electron chi connectivity index (χ2n) is 5.59. The average molecular weight is 328 g/mol. The number of anilines is 1. The molecule has 5 nitrogen and oxygen atoms in total. The van der Waals surface area contributed by atoms with E-state index in [4.69, 9.17) is 4.74 Å². The molecule has 2 amide bonds. The van der Waals surface area contributed by atoms with Crippen LogP contribution in [0.4, 0.5) is 10.5 Å². The second-order valence-corrected chi connectivity index (χ2v) is 5.59. The summed E-state index contributed by atoms with van der Waals surface area (Å²) in [6, 6.07) is 14.8. The van der Waals surface area contributed by atoms with Gasteiger partial charge < -0.3 is 20.5 Å². The van der Waals surface area contributed by atoms with E-state index >= 15 is 0 Å². The number of rotatable bonds is 7. The van der Waals surface area contributed by atoms with Gasteiger partial charge in [-0.05, 0) is 43.2 Å². The lowest BCUT2D eigenvalue weighted by Crippen LogP contribution is -2.36. The minimum atomic E-state index is -0.625. The number of aliphatic hydroxyl groups is 1. The summed E-state index contributed by atoms with van der Waals surface area (Å²) < 4.78 is 5.42. The Kier molecular flexibility index (Phi) is 6.63. The van der Waals surface area contributed by atoms with Crippen molar-refractivity contribution in [3.05, 3.63) is 59.7 Å². The molecule has 5 heteroatoms. The molecule has 0 aliphatic rings. The number of carbonyl (C=O) groups excluding carboxylic acids is 1. The van der Waals surface area contributed by atoms with Gasteiger partial charge in [0.05, 0.1) is 12.7 Å². The first-order valence-corrected chi connectivity index (χ1v) is 8.08. The van der Waals surface area contributed by atoms with Crippen LogP contribution in [0.3, 0.4) is 0 Å². The van der Waals surface area contributed by atoms with Crippen LogP contribution in [0, 0.1) is 6.92 Å². The number of benzene rings is 2. The van der Waals surface area contributed by atoms with Gasteiger partial charge in [-0.2, -0.15) is 0 Å². The van der Waals surface area contributed by atoms with E-state index < -0.39 is 6.10 Å². The van der Waals surface area contributed by atoms with E-state index in [2.05, 4.69) is 10.6 Å². The number of amides is 2. The van der Waals surface area contributed by atoms with Crippen LogP contribution in [-0.4, -0.2) is 30.4 Å². The molecule has 128 valence electrons. The molecule has 0 radical (unpaired) electrons. The van der Waals surface area contributed by atoms with Gasteiger partial charge >= 0.3 is 6.03 Å². The van der Waals surface area contributed by atoms with E-state index in [1.54, 1.807) is 6.07 Å². The third kappa shape index (κ3) is 5.59. The summed E-state index contributed by atoms with van der Waals surface area (Å²) in [5, 5.41) is 15.5. The monoisotopic (exact) mass is 328 g/mol. The minimum absolute atomic E-state index is 0.191. The van der Waals surface area contributed by atoms with Crippen molar-refractivity contribution in [1.82, 2.24) is 5.32 Å². The predicted octanol–water partition coefficient (Wildman–Crippen LogP) is 3.12. The van der Waals surface area contributed by atoms with Crippen LogP contribution in [0.5, 0.6) is 5.75 Å². The molecule has 1 atom stereocenters. The first-order valence-electron chi connectivity index (χ1n) is 8.08. The molecule has 0 aliphatic carbocycles. The Balaban J connectivity index is 1.80. The third-order valence-corrected chi connectivity index (χ3v) is 3.57. The van der Waals surface area contributed by atoms with Crippen molar-refractivity contribution in [2.45, 2.75) is 26.4 Å². The molecule has 0 saturated heterocycles. The Morgan fingerprint density at radius 2 is 1.96 bits per heavy atom. The van der Waals surface area contributed by atoms with Gasteiger partial charge in [0.15, 0.2) is 0 Å². The Morgan fingerprint density at radius 1 is 1.21 bits per heavy atom. The summed E-state index contributed by atoms with van der Waals surface area (Å²) in [5.41, 5.74) is 2.67. The van der Waals surface area contributed by atoms with Gasteiger partial charge in [-0.25, -0.2) is 4.79 Å². The van der Waals surface area contributed by atoms with E-state index in [9.17, 15) is 9.90 Å². The molecule has 0 fully saturated rings. The zero-order valence-electron chi connectivity index (χ0n) is 14.1. The van der Waals surface area contributed by atoms with Crippen LogP contribution >= 0.6 is 0 Å². The molecule has 0 aromatic heterocycles. The molecule has 0 bridgehead atoms. The maximum absolute atomic E-state index is 12.0. The quantitative estimate of drug-likeness (QED) is 0.731. The molecule has 2 aromatic rings. The fourth-order valence-corrected chi connectivity index (χ4v) is 2.37. The molecule has 0 aliphatic heterocycles. The first kappa shape index (κ1) is 17.8. The predicted molar refractivity (Wildman–Crippen MR) is 95.5 cm³/mol. The Labute approximate surface area is 142 Å². The normalized spacial score (nSPS) is 11.6. The summed E-state index contributed by atoms with van der Waals surface area (Å²) in [6.45, 7) is 4.63. The number of ether oxygens (including phenoxy) is 1. The van der Waals surface area contributed by atoms with Crippen LogP contribution in [0.1, 0.15) is 18.1 Å². The summed E-state index contributed by atoms with van der Waals surface area (Å²) in [7, 11) is 0. The number of carbonyl (C=O) groups is 1. The van der Waals surface area contributed by atoms with E-state index in [1.807, 2.05) is 56.3 Å². The van der Waals surface area contributed by atoms with Crippen LogP contribution in [0.25, 0.3) is 0 Å². The number of aryl methyl sites for hydroxylation is 1. The third-order valence-electron chi connectivity index (χ3n) is 3.57. The minimum Gasteiger partial charge on any atom is -0.494 e.